The van der Waals surface area contributed by atoms with Crippen LogP contribution in [-0.2, 0) is 4.74 Å². The zero-order valence-electron chi connectivity index (χ0n) is 31.2. The Hall–Kier alpha value is -0.940. The fourth-order valence-electron chi connectivity index (χ4n) is 15.9. The average Bonchev–Trinajstić information content (AvgIpc) is 3.25. The molecule has 2 bridgehead atoms. The topological polar surface area (TPSA) is 52.7 Å². The molecule has 0 aromatic heterocycles. The normalized spacial score (nSPS) is 48.3. The smallest absolute Gasteiger partial charge is 0.0652 e. The maximum Gasteiger partial charge on any atom is 0.0652 e. The summed E-state index contributed by atoms with van der Waals surface area (Å²) in [5.74, 6) is 3.48. The van der Waals surface area contributed by atoms with Crippen molar-refractivity contribution >= 4 is 0 Å². The Labute approximate surface area is 293 Å². The average molecular weight is 660 g/mol. The van der Waals surface area contributed by atoms with Gasteiger partial charge in [0, 0.05) is 49.3 Å². The summed E-state index contributed by atoms with van der Waals surface area (Å²) >= 11 is 0. The van der Waals surface area contributed by atoms with Gasteiger partial charge in [0.05, 0.1) is 5.54 Å². The van der Waals surface area contributed by atoms with Crippen LogP contribution in [0.1, 0.15) is 143 Å². The minimum absolute atomic E-state index is 0.0212. The standard InChI is InChI=1S/C44H69NO3/c1-5-6-10-34(16-26-47)17-27-48-28-18-36-12-7-20-40(36)29-33(3)43-24-13-32(2)38(43)30-44(40)39(43,4)19-9-21-42(44)23-15-37-35(11-8-25-46)14-22-41(37)31-45(41)42/h9,15,21,23,33-37,46-47H,5-8,10-14,16-20,22,24-31H2,1-4H3. The summed E-state index contributed by atoms with van der Waals surface area (Å²) in [4.78, 5) is 3.11. The Kier molecular flexibility index (Phi) is 8.78. The molecule has 4 spiro atoms. The largest absolute Gasteiger partial charge is 0.396 e. The van der Waals surface area contributed by atoms with Gasteiger partial charge >= 0.3 is 0 Å². The lowest BCUT2D eigenvalue weighted by molar-refractivity contribution is -0.231. The van der Waals surface area contributed by atoms with Gasteiger partial charge in [-0.2, -0.15) is 0 Å². The number of fused-ring (bicyclic) bond motifs is 1. The molecule has 1 saturated heterocycles. The van der Waals surface area contributed by atoms with Crippen LogP contribution in [0.2, 0.25) is 0 Å². The monoisotopic (exact) mass is 660 g/mol. The first-order valence-electron chi connectivity index (χ1n) is 20.9. The van der Waals surface area contributed by atoms with Crippen LogP contribution in [0.3, 0.4) is 0 Å². The van der Waals surface area contributed by atoms with Crippen molar-refractivity contribution in [2.75, 3.05) is 33.0 Å². The molecule has 6 aliphatic carbocycles. The summed E-state index contributed by atoms with van der Waals surface area (Å²) in [5.41, 5.74) is 5.25. The van der Waals surface area contributed by atoms with Gasteiger partial charge in [-0.3, -0.25) is 4.90 Å². The summed E-state index contributed by atoms with van der Waals surface area (Å²) in [7, 11) is 0. The molecule has 12 atom stereocenters. The van der Waals surface area contributed by atoms with Gasteiger partial charge in [0.2, 0.25) is 0 Å². The van der Waals surface area contributed by atoms with Crippen LogP contribution >= 0.6 is 0 Å². The second-order valence-corrected chi connectivity index (χ2v) is 18.9. The molecule has 4 saturated carbocycles. The molecule has 0 amide bonds. The molecule has 4 heteroatoms. The van der Waals surface area contributed by atoms with Crippen molar-refractivity contribution in [1.82, 2.24) is 4.90 Å². The second kappa shape index (κ2) is 12.3. The van der Waals surface area contributed by atoms with Crippen LogP contribution in [0.15, 0.2) is 35.5 Å². The Morgan fingerprint density at radius 2 is 1.88 bits per heavy atom. The third kappa shape index (κ3) is 4.21. The molecule has 2 aliphatic heterocycles. The van der Waals surface area contributed by atoms with Gasteiger partial charge in [0.15, 0.2) is 0 Å². The Morgan fingerprint density at radius 1 is 1.00 bits per heavy atom. The van der Waals surface area contributed by atoms with Crippen LogP contribution in [0.25, 0.3) is 0 Å². The van der Waals surface area contributed by atoms with Gasteiger partial charge < -0.3 is 14.9 Å². The number of rotatable bonds is 14. The fraction of sp³-hybridized carbons (Fsp3) is 0.864. The van der Waals surface area contributed by atoms with E-state index in [-0.39, 0.29) is 16.4 Å². The van der Waals surface area contributed by atoms with E-state index < -0.39 is 0 Å². The first-order valence-corrected chi connectivity index (χ1v) is 20.9. The molecule has 0 radical (unpaired) electrons. The molecular weight excluding hydrogens is 590 g/mol. The van der Waals surface area contributed by atoms with Gasteiger partial charge in [-0.05, 0) is 137 Å². The highest BCUT2D eigenvalue weighted by Gasteiger charge is 2.87. The summed E-state index contributed by atoms with van der Waals surface area (Å²) in [6, 6.07) is 0. The number of hydrogen-bond donors (Lipinski definition) is 2. The van der Waals surface area contributed by atoms with Crippen molar-refractivity contribution in [3.05, 3.63) is 35.5 Å². The summed E-state index contributed by atoms with van der Waals surface area (Å²) < 4.78 is 6.56. The van der Waals surface area contributed by atoms with E-state index >= 15 is 0 Å². The number of nitrogens with zero attached hydrogens (tertiary/aromatic N) is 1. The number of allylic oxidation sites excluding steroid dienone is 3. The molecule has 2 N–H and O–H groups in total. The fourth-order valence-corrected chi connectivity index (χ4v) is 15.9. The Bertz CT molecular complexity index is 1320. The van der Waals surface area contributed by atoms with Gasteiger partial charge in [-0.1, -0.05) is 81.9 Å². The zero-order valence-corrected chi connectivity index (χ0v) is 31.2. The van der Waals surface area contributed by atoms with Gasteiger partial charge in [0.1, 0.15) is 0 Å². The van der Waals surface area contributed by atoms with Gasteiger partial charge in [-0.25, -0.2) is 0 Å². The Morgan fingerprint density at radius 3 is 2.69 bits per heavy atom. The number of unbranched alkanes of at least 4 members (excludes halogenated alkanes) is 1. The van der Waals surface area contributed by atoms with E-state index in [2.05, 4.69) is 56.9 Å². The first kappa shape index (κ1) is 34.2. The maximum absolute atomic E-state index is 9.70. The number of ether oxygens (including phenoxy) is 1. The van der Waals surface area contributed by atoms with Crippen LogP contribution in [-0.4, -0.2) is 59.2 Å². The molecule has 5 fully saturated rings. The zero-order chi connectivity index (χ0) is 33.4. The molecule has 0 aromatic carbocycles. The highest BCUT2D eigenvalue weighted by Crippen LogP contribution is 2.90. The van der Waals surface area contributed by atoms with Crippen molar-refractivity contribution in [1.29, 1.82) is 0 Å². The van der Waals surface area contributed by atoms with Crippen LogP contribution in [0.4, 0.5) is 0 Å². The molecule has 4 nitrogen and oxygen atoms in total. The molecule has 8 aliphatic rings. The molecule has 48 heavy (non-hydrogen) atoms. The number of aliphatic hydroxyl groups is 2. The second-order valence-electron chi connectivity index (χ2n) is 18.9. The summed E-state index contributed by atoms with van der Waals surface area (Å²) in [6.45, 7) is 14.0. The van der Waals surface area contributed by atoms with Crippen LogP contribution < -0.4 is 0 Å². The van der Waals surface area contributed by atoms with E-state index in [1.165, 1.54) is 103 Å². The van der Waals surface area contributed by atoms with E-state index in [0.717, 1.165) is 50.2 Å². The van der Waals surface area contributed by atoms with E-state index in [0.29, 0.717) is 41.4 Å². The van der Waals surface area contributed by atoms with Crippen molar-refractivity contribution in [3.8, 4) is 0 Å². The van der Waals surface area contributed by atoms with Crippen molar-refractivity contribution in [3.63, 3.8) is 0 Å². The molecule has 0 aromatic rings. The summed E-state index contributed by atoms with van der Waals surface area (Å²) in [6.07, 6.45) is 33.7. The lowest BCUT2D eigenvalue weighted by Gasteiger charge is -2.74. The minimum Gasteiger partial charge on any atom is -0.396 e. The third-order valence-electron chi connectivity index (χ3n) is 17.7. The van der Waals surface area contributed by atoms with Gasteiger partial charge in [-0.15, -0.1) is 0 Å². The maximum atomic E-state index is 9.70. The third-order valence-corrected chi connectivity index (χ3v) is 17.7. The predicted octanol–water partition coefficient (Wildman–Crippen LogP) is 9.41. The van der Waals surface area contributed by atoms with Crippen LogP contribution in [0, 0.1) is 51.2 Å². The SMILES string of the molecule is CCCCC(CCO)CCOCCC1CCCC12CC(C)C13CCC(C)=C1CC21C2(C=CCC31C)C=CC1C(CCCO)CCC13CN32. The lowest BCUT2D eigenvalue weighted by atomic mass is 9.31. The molecule has 2 heterocycles. The highest BCUT2D eigenvalue weighted by atomic mass is 16.5. The number of hydrogen-bond acceptors (Lipinski definition) is 4. The van der Waals surface area contributed by atoms with Crippen LogP contribution in [0.5, 0.6) is 0 Å². The molecule has 12 unspecified atom stereocenters. The predicted molar refractivity (Wildman–Crippen MR) is 195 cm³/mol. The quantitative estimate of drug-likeness (QED) is 0.111. The molecule has 8 rings (SSSR count). The lowest BCUT2D eigenvalue weighted by Crippen LogP contribution is -2.73. The summed E-state index contributed by atoms with van der Waals surface area (Å²) in [5, 5.41) is 19.3. The minimum atomic E-state index is 0.0212. The molecular formula is C44H69NO3. The highest BCUT2D eigenvalue weighted by molar-refractivity contribution is 5.54. The van der Waals surface area contributed by atoms with Crippen molar-refractivity contribution in [2.24, 2.45) is 51.2 Å². The van der Waals surface area contributed by atoms with E-state index in [9.17, 15) is 10.2 Å². The van der Waals surface area contributed by atoms with Crippen molar-refractivity contribution in [2.45, 2.75) is 154 Å². The van der Waals surface area contributed by atoms with E-state index in [1.807, 2.05) is 5.57 Å². The van der Waals surface area contributed by atoms with Gasteiger partial charge in [0.25, 0.3) is 0 Å². The van der Waals surface area contributed by atoms with E-state index in [1.54, 1.807) is 5.57 Å². The van der Waals surface area contributed by atoms with Crippen molar-refractivity contribution < 1.29 is 14.9 Å². The number of aliphatic hydroxyl groups excluding tert-OH is 2. The first-order chi connectivity index (χ1) is 23.3. The molecule has 268 valence electrons. The van der Waals surface area contributed by atoms with E-state index in [4.69, 9.17) is 4.74 Å². The Balaban J connectivity index is 1.15.